The Morgan fingerprint density at radius 3 is 2.38 bits per heavy atom. The zero-order valence-electron chi connectivity index (χ0n) is 8.83. The number of ether oxygens (including phenoxy) is 3. The van der Waals surface area contributed by atoms with E-state index in [0.29, 0.717) is 0 Å². The lowest BCUT2D eigenvalue weighted by atomic mass is 10.0. The molecule has 4 heteroatoms. The number of morpholine rings is 3. The third-order valence-corrected chi connectivity index (χ3v) is 3.41. The molecule has 0 aromatic heterocycles. The Hall–Kier alpha value is -0.940. The van der Waals surface area contributed by atoms with Gasteiger partial charge in [-0.15, -0.1) is 0 Å². The number of rotatable bonds is 1. The van der Waals surface area contributed by atoms with Gasteiger partial charge in [0.2, 0.25) is 5.79 Å². The summed E-state index contributed by atoms with van der Waals surface area (Å²) < 4.78 is 17.4. The van der Waals surface area contributed by atoms with Gasteiger partial charge in [0.15, 0.2) is 12.6 Å². The topological polar surface area (TPSA) is 30.9 Å². The van der Waals surface area contributed by atoms with Crippen molar-refractivity contribution in [2.75, 3.05) is 19.6 Å². The number of nitrogens with zero attached hydrogens (tertiary/aromatic N) is 1. The Balaban J connectivity index is 1.77. The van der Waals surface area contributed by atoms with E-state index in [-0.39, 0.29) is 12.6 Å². The third kappa shape index (κ3) is 1.18. The van der Waals surface area contributed by atoms with E-state index in [1.807, 2.05) is 30.3 Å². The van der Waals surface area contributed by atoms with E-state index < -0.39 is 5.79 Å². The summed E-state index contributed by atoms with van der Waals surface area (Å²) in [5.41, 5.74) is 1.08. The maximum atomic E-state index is 5.91. The second kappa shape index (κ2) is 3.05. The summed E-state index contributed by atoms with van der Waals surface area (Å²) in [6.07, 6.45) is -0.275. The predicted molar refractivity (Wildman–Crippen MR) is 55.4 cm³/mol. The molecule has 1 aromatic rings. The van der Waals surface area contributed by atoms with Crippen LogP contribution in [-0.2, 0) is 20.0 Å². The monoisotopic (exact) mass is 219 g/mol. The van der Waals surface area contributed by atoms with Crippen LogP contribution in [0.2, 0.25) is 0 Å². The van der Waals surface area contributed by atoms with Crippen molar-refractivity contribution >= 4 is 0 Å². The summed E-state index contributed by atoms with van der Waals surface area (Å²) >= 11 is 0. The summed E-state index contributed by atoms with van der Waals surface area (Å²) in [5.74, 6) is -0.606. The van der Waals surface area contributed by atoms with Gasteiger partial charge in [0.1, 0.15) is 0 Å². The molecule has 0 N–H and O–H groups in total. The molecule has 4 fully saturated rings. The molecular formula is C12H13NO3. The fraction of sp³-hybridized carbons (Fsp3) is 0.500. The van der Waals surface area contributed by atoms with Gasteiger partial charge in [0, 0.05) is 5.56 Å². The van der Waals surface area contributed by atoms with Gasteiger partial charge in [-0.05, 0) is 0 Å². The molecule has 2 atom stereocenters. The summed E-state index contributed by atoms with van der Waals surface area (Å²) in [7, 11) is 0. The van der Waals surface area contributed by atoms with E-state index in [1.54, 1.807) is 0 Å². The first-order chi connectivity index (χ1) is 7.84. The molecular weight excluding hydrogens is 206 g/mol. The van der Waals surface area contributed by atoms with E-state index in [0.717, 1.165) is 25.2 Å². The minimum Gasteiger partial charge on any atom is -0.321 e. The SMILES string of the molecule is c1ccc(C23CN4CC(OC(C4)O2)O3)cc1. The second-order valence-electron chi connectivity index (χ2n) is 4.54. The largest absolute Gasteiger partial charge is 0.321 e. The standard InChI is InChI=1S/C12H13NO3/c1-2-4-9(5-3-1)12-8-13-6-10(15-12)14-11(7-13)16-12/h1-5,10-11H,6-8H2. The highest BCUT2D eigenvalue weighted by Crippen LogP contribution is 2.42. The summed E-state index contributed by atoms with van der Waals surface area (Å²) in [5, 5.41) is 0. The molecule has 4 saturated heterocycles. The van der Waals surface area contributed by atoms with Crippen molar-refractivity contribution in [2.45, 2.75) is 18.4 Å². The van der Waals surface area contributed by atoms with Crippen LogP contribution in [0.25, 0.3) is 0 Å². The van der Waals surface area contributed by atoms with Crippen LogP contribution >= 0.6 is 0 Å². The van der Waals surface area contributed by atoms with Crippen molar-refractivity contribution in [1.82, 2.24) is 4.90 Å². The highest BCUT2D eigenvalue weighted by molar-refractivity contribution is 5.22. The molecule has 4 bridgehead atoms. The van der Waals surface area contributed by atoms with Gasteiger partial charge in [0.25, 0.3) is 0 Å². The van der Waals surface area contributed by atoms with Crippen LogP contribution in [-0.4, -0.2) is 37.1 Å². The van der Waals surface area contributed by atoms with Crippen LogP contribution < -0.4 is 0 Å². The van der Waals surface area contributed by atoms with Gasteiger partial charge in [0.05, 0.1) is 19.6 Å². The molecule has 4 aliphatic rings. The van der Waals surface area contributed by atoms with Crippen LogP contribution in [0.3, 0.4) is 0 Å². The summed E-state index contributed by atoms with van der Waals surface area (Å²) in [6, 6.07) is 10.1. The molecule has 4 nitrogen and oxygen atoms in total. The normalized spacial score (nSPS) is 44.9. The zero-order valence-corrected chi connectivity index (χ0v) is 8.83. The van der Waals surface area contributed by atoms with Crippen molar-refractivity contribution in [1.29, 1.82) is 0 Å². The van der Waals surface area contributed by atoms with E-state index in [9.17, 15) is 0 Å². The van der Waals surface area contributed by atoms with Gasteiger partial charge in [-0.25, -0.2) is 0 Å². The Morgan fingerprint density at radius 2 is 1.75 bits per heavy atom. The van der Waals surface area contributed by atoms with Gasteiger partial charge in [-0.1, -0.05) is 30.3 Å². The van der Waals surface area contributed by atoms with E-state index in [2.05, 4.69) is 4.90 Å². The lowest BCUT2D eigenvalue weighted by Gasteiger charge is -2.56. The second-order valence-corrected chi connectivity index (χ2v) is 4.54. The molecule has 2 unspecified atom stereocenters. The maximum Gasteiger partial charge on any atom is 0.213 e. The minimum atomic E-state index is -0.606. The zero-order chi connectivity index (χ0) is 10.6. The van der Waals surface area contributed by atoms with Crippen LogP contribution in [0, 0.1) is 0 Å². The average Bonchev–Trinajstić information content (AvgIpc) is 2.28. The van der Waals surface area contributed by atoms with Crippen LogP contribution in [0.15, 0.2) is 30.3 Å². The smallest absolute Gasteiger partial charge is 0.213 e. The molecule has 16 heavy (non-hydrogen) atoms. The maximum absolute atomic E-state index is 5.91. The van der Waals surface area contributed by atoms with Crippen LogP contribution in [0.4, 0.5) is 0 Å². The molecule has 4 heterocycles. The minimum absolute atomic E-state index is 0.138. The first-order valence-corrected chi connectivity index (χ1v) is 5.63. The fourth-order valence-electron chi connectivity index (χ4n) is 2.75. The molecule has 0 aliphatic carbocycles. The Labute approximate surface area is 93.7 Å². The quantitative estimate of drug-likeness (QED) is 0.701. The summed E-state index contributed by atoms with van der Waals surface area (Å²) in [6.45, 7) is 2.51. The summed E-state index contributed by atoms with van der Waals surface area (Å²) in [4.78, 5) is 2.35. The third-order valence-electron chi connectivity index (χ3n) is 3.41. The van der Waals surface area contributed by atoms with Gasteiger partial charge >= 0.3 is 0 Å². The Bertz CT molecular complexity index is 371. The molecule has 0 saturated carbocycles. The molecule has 0 spiro atoms. The highest BCUT2D eigenvalue weighted by Gasteiger charge is 2.54. The van der Waals surface area contributed by atoms with E-state index in [1.165, 1.54) is 0 Å². The van der Waals surface area contributed by atoms with Crippen LogP contribution in [0.5, 0.6) is 0 Å². The molecule has 4 aliphatic heterocycles. The van der Waals surface area contributed by atoms with Crippen molar-refractivity contribution in [3.63, 3.8) is 0 Å². The Kier molecular flexibility index (Phi) is 1.74. The number of benzene rings is 1. The van der Waals surface area contributed by atoms with Crippen LogP contribution in [0.1, 0.15) is 5.56 Å². The van der Waals surface area contributed by atoms with Gasteiger partial charge in [-0.2, -0.15) is 0 Å². The lowest BCUT2D eigenvalue weighted by molar-refractivity contribution is -0.486. The van der Waals surface area contributed by atoms with Crippen molar-refractivity contribution in [2.24, 2.45) is 0 Å². The molecule has 84 valence electrons. The predicted octanol–water partition coefficient (Wildman–Crippen LogP) is 0.884. The molecule has 1 aromatic carbocycles. The van der Waals surface area contributed by atoms with Crippen molar-refractivity contribution in [3.8, 4) is 0 Å². The Morgan fingerprint density at radius 1 is 1.06 bits per heavy atom. The highest BCUT2D eigenvalue weighted by atomic mass is 16.9. The van der Waals surface area contributed by atoms with E-state index in [4.69, 9.17) is 14.2 Å². The first kappa shape index (κ1) is 9.13. The fourth-order valence-corrected chi connectivity index (χ4v) is 2.75. The number of hydrogen-bond acceptors (Lipinski definition) is 4. The average molecular weight is 219 g/mol. The lowest BCUT2D eigenvalue weighted by Crippen LogP contribution is -2.68. The van der Waals surface area contributed by atoms with Gasteiger partial charge in [-0.3, -0.25) is 4.90 Å². The molecule has 0 amide bonds. The van der Waals surface area contributed by atoms with Crippen molar-refractivity contribution in [3.05, 3.63) is 35.9 Å². The van der Waals surface area contributed by atoms with E-state index >= 15 is 0 Å². The van der Waals surface area contributed by atoms with Crippen molar-refractivity contribution < 1.29 is 14.2 Å². The molecule has 5 rings (SSSR count). The van der Waals surface area contributed by atoms with Gasteiger partial charge < -0.3 is 14.2 Å². The number of hydrogen-bond donors (Lipinski definition) is 0. The molecule has 0 radical (unpaired) electrons. The first-order valence-electron chi connectivity index (χ1n) is 5.63.